The third kappa shape index (κ3) is 2.78. The number of rotatable bonds is 4. The highest BCUT2D eigenvalue weighted by Crippen LogP contribution is 2.49. The van der Waals surface area contributed by atoms with Crippen molar-refractivity contribution in [1.82, 2.24) is 4.90 Å². The first-order valence-corrected chi connectivity index (χ1v) is 10.1. The minimum absolute atomic E-state index is 0.0607. The van der Waals surface area contributed by atoms with Crippen LogP contribution in [0.3, 0.4) is 0 Å². The van der Waals surface area contributed by atoms with E-state index in [2.05, 4.69) is 17.0 Å². The highest BCUT2D eigenvalue weighted by molar-refractivity contribution is 6.31. The van der Waals surface area contributed by atoms with Crippen LogP contribution in [0, 0.1) is 5.92 Å². The van der Waals surface area contributed by atoms with E-state index in [-0.39, 0.29) is 36.4 Å². The fraction of sp³-hybridized carbons (Fsp3) is 0.409. The van der Waals surface area contributed by atoms with Crippen LogP contribution in [0.15, 0.2) is 48.5 Å². The molecular weight excluding hydrogens is 360 g/mol. The smallest absolute Gasteiger partial charge is 0.230 e. The van der Waals surface area contributed by atoms with Crippen molar-refractivity contribution in [3.63, 3.8) is 0 Å². The fourth-order valence-corrected chi connectivity index (χ4v) is 4.98. The van der Waals surface area contributed by atoms with Gasteiger partial charge in [0.1, 0.15) is 0 Å². The predicted molar refractivity (Wildman–Crippen MR) is 106 cm³/mol. The molecule has 1 N–H and O–H groups in total. The molecule has 0 unspecified atom stereocenters. The number of likely N-dealkylation sites (tertiary alicyclic amines) is 1. The number of carbonyl (C=O) groups excluding carboxylic acids is 1. The van der Waals surface area contributed by atoms with E-state index in [1.165, 1.54) is 5.56 Å². The minimum Gasteiger partial charge on any atom is -0.395 e. The quantitative estimate of drug-likeness (QED) is 0.881. The molecule has 0 radical (unpaired) electrons. The van der Waals surface area contributed by atoms with Crippen molar-refractivity contribution in [2.24, 2.45) is 5.92 Å². The molecular formula is C22H23ClN2O2. The topological polar surface area (TPSA) is 43.8 Å². The maximum atomic E-state index is 12.9. The molecule has 2 fully saturated rings. The zero-order chi connectivity index (χ0) is 18.5. The Morgan fingerprint density at radius 2 is 1.85 bits per heavy atom. The second-order valence-electron chi connectivity index (χ2n) is 7.89. The summed E-state index contributed by atoms with van der Waals surface area (Å²) in [6, 6.07) is 16.3. The molecule has 3 atom stereocenters. The summed E-state index contributed by atoms with van der Waals surface area (Å²) in [4.78, 5) is 17.2. The van der Waals surface area contributed by atoms with Crippen LogP contribution in [0.2, 0.25) is 5.02 Å². The molecule has 0 spiro atoms. The number of hydrogen-bond donors (Lipinski definition) is 1. The van der Waals surface area contributed by atoms with Gasteiger partial charge in [0, 0.05) is 47.7 Å². The van der Waals surface area contributed by atoms with Gasteiger partial charge in [-0.2, -0.15) is 0 Å². The first-order valence-electron chi connectivity index (χ1n) is 9.69. The summed E-state index contributed by atoms with van der Waals surface area (Å²) >= 11 is 6.37. The van der Waals surface area contributed by atoms with Gasteiger partial charge in [-0.05, 0) is 36.1 Å². The van der Waals surface area contributed by atoms with Crippen LogP contribution in [0.5, 0.6) is 0 Å². The zero-order valence-electron chi connectivity index (χ0n) is 15.1. The lowest BCUT2D eigenvalue weighted by atomic mass is 9.71. The van der Waals surface area contributed by atoms with Crippen LogP contribution >= 0.6 is 11.6 Å². The molecule has 2 aliphatic heterocycles. The summed E-state index contributed by atoms with van der Waals surface area (Å²) in [5.41, 5.74) is 3.29. The van der Waals surface area contributed by atoms with Gasteiger partial charge in [0.25, 0.3) is 0 Å². The maximum Gasteiger partial charge on any atom is 0.230 e. The summed E-state index contributed by atoms with van der Waals surface area (Å²) in [6.07, 6.45) is 2.02. The maximum absolute atomic E-state index is 12.9. The number of hydrogen-bond acceptors (Lipinski definition) is 3. The summed E-state index contributed by atoms with van der Waals surface area (Å²) in [5, 5.41) is 10.8. The Labute approximate surface area is 164 Å². The van der Waals surface area contributed by atoms with Crippen molar-refractivity contribution >= 4 is 23.2 Å². The number of halogens is 1. The van der Waals surface area contributed by atoms with Crippen LogP contribution < -0.4 is 4.90 Å². The summed E-state index contributed by atoms with van der Waals surface area (Å²) in [6.45, 7) is 1.49. The number of benzene rings is 2. The molecule has 1 saturated carbocycles. The number of nitrogens with zero attached hydrogens (tertiary/aromatic N) is 2. The van der Waals surface area contributed by atoms with Crippen molar-refractivity contribution in [2.75, 3.05) is 18.1 Å². The van der Waals surface area contributed by atoms with Gasteiger partial charge in [0.05, 0.1) is 6.61 Å². The van der Waals surface area contributed by atoms with E-state index >= 15 is 0 Å². The third-order valence-corrected chi connectivity index (χ3v) is 6.70. The van der Waals surface area contributed by atoms with Gasteiger partial charge in [-0.25, -0.2) is 0 Å². The lowest BCUT2D eigenvalue weighted by Crippen LogP contribution is -2.68. The molecule has 0 bridgehead atoms. The Morgan fingerprint density at radius 3 is 2.59 bits per heavy atom. The van der Waals surface area contributed by atoms with E-state index < -0.39 is 0 Å². The monoisotopic (exact) mass is 382 g/mol. The van der Waals surface area contributed by atoms with E-state index in [0.29, 0.717) is 13.1 Å². The van der Waals surface area contributed by atoms with Crippen molar-refractivity contribution in [2.45, 2.75) is 37.4 Å². The highest BCUT2D eigenvalue weighted by Gasteiger charge is 2.53. The number of para-hydroxylation sites is 1. The molecule has 3 aliphatic rings. The molecule has 2 aromatic rings. The molecule has 1 saturated heterocycles. The van der Waals surface area contributed by atoms with Gasteiger partial charge in [-0.3, -0.25) is 9.69 Å². The van der Waals surface area contributed by atoms with E-state index in [1.807, 2.05) is 41.3 Å². The van der Waals surface area contributed by atoms with Gasteiger partial charge in [0.2, 0.25) is 5.91 Å². The normalized spacial score (nSPS) is 26.9. The molecule has 2 heterocycles. The van der Waals surface area contributed by atoms with Crippen LogP contribution in [-0.2, 0) is 11.3 Å². The Balaban J connectivity index is 1.48. The minimum atomic E-state index is 0.0607. The molecule has 1 aliphatic carbocycles. The van der Waals surface area contributed by atoms with Gasteiger partial charge in [0.15, 0.2) is 0 Å². The number of carbonyl (C=O) groups is 1. The molecule has 0 aromatic heterocycles. The van der Waals surface area contributed by atoms with Crippen molar-refractivity contribution < 1.29 is 9.90 Å². The van der Waals surface area contributed by atoms with Crippen molar-refractivity contribution in [1.29, 1.82) is 0 Å². The van der Waals surface area contributed by atoms with E-state index in [9.17, 15) is 9.90 Å². The number of fused-ring (bicyclic) bond motifs is 3. The Morgan fingerprint density at radius 1 is 1.11 bits per heavy atom. The van der Waals surface area contributed by atoms with Crippen molar-refractivity contribution in [3.8, 4) is 0 Å². The number of aliphatic hydroxyl groups excluding tert-OH is 1. The molecule has 27 heavy (non-hydrogen) atoms. The predicted octanol–water partition coefficient (Wildman–Crippen LogP) is 3.43. The SMILES string of the molecule is O=C(C1CC1)N1C[C@@H]2[C@H](c3ccccc31)[C@H](CO)N2Cc1ccccc1Cl. The summed E-state index contributed by atoms with van der Waals surface area (Å²) < 4.78 is 0. The fourth-order valence-electron chi connectivity index (χ4n) is 4.78. The molecule has 2 aromatic carbocycles. The van der Waals surface area contributed by atoms with Crippen LogP contribution in [0.1, 0.15) is 29.9 Å². The average Bonchev–Trinajstić information content (AvgIpc) is 3.52. The van der Waals surface area contributed by atoms with Crippen molar-refractivity contribution in [3.05, 3.63) is 64.7 Å². The molecule has 4 nitrogen and oxygen atoms in total. The largest absolute Gasteiger partial charge is 0.395 e. The second kappa shape index (κ2) is 6.62. The van der Waals surface area contributed by atoms with Gasteiger partial charge >= 0.3 is 0 Å². The van der Waals surface area contributed by atoms with Crippen LogP contribution in [-0.4, -0.2) is 41.1 Å². The number of anilines is 1. The molecule has 5 rings (SSSR count). The van der Waals surface area contributed by atoms with Crippen LogP contribution in [0.25, 0.3) is 0 Å². The van der Waals surface area contributed by atoms with E-state index in [0.717, 1.165) is 29.1 Å². The van der Waals surface area contributed by atoms with Crippen LogP contribution in [0.4, 0.5) is 5.69 Å². The van der Waals surface area contributed by atoms with E-state index in [1.54, 1.807) is 0 Å². The molecule has 1 amide bonds. The Kier molecular flexibility index (Phi) is 4.23. The third-order valence-electron chi connectivity index (χ3n) is 6.33. The first-order chi connectivity index (χ1) is 13.2. The lowest BCUT2D eigenvalue weighted by molar-refractivity contribution is -0.121. The average molecular weight is 383 g/mol. The highest BCUT2D eigenvalue weighted by atomic mass is 35.5. The van der Waals surface area contributed by atoms with Gasteiger partial charge < -0.3 is 10.0 Å². The van der Waals surface area contributed by atoms with Gasteiger partial charge in [-0.15, -0.1) is 0 Å². The molecule has 5 heteroatoms. The first kappa shape index (κ1) is 17.2. The number of aliphatic hydroxyl groups is 1. The molecule has 140 valence electrons. The Hall–Kier alpha value is -1.88. The van der Waals surface area contributed by atoms with E-state index in [4.69, 9.17) is 11.6 Å². The summed E-state index contributed by atoms with van der Waals surface area (Å²) in [5.74, 6) is 0.711. The number of amides is 1. The van der Waals surface area contributed by atoms with Gasteiger partial charge in [-0.1, -0.05) is 48.0 Å². The Bertz CT molecular complexity index is 882. The second-order valence-corrected chi connectivity index (χ2v) is 8.30. The lowest BCUT2D eigenvalue weighted by Gasteiger charge is -2.59. The summed E-state index contributed by atoms with van der Waals surface area (Å²) in [7, 11) is 0. The zero-order valence-corrected chi connectivity index (χ0v) is 15.8. The standard InChI is InChI=1S/C22H23ClN2O2/c23-17-7-3-1-5-15(17)11-24-19-12-25(22(27)14-9-10-14)18-8-4-2-6-16(18)21(19)20(24)13-26/h1-8,14,19-21,26H,9-13H2/t19-,20+,21+/m1/s1.